The quantitative estimate of drug-likeness (QED) is 0.320. The molecule has 0 atom stereocenters. The van der Waals surface area contributed by atoms with Crippen molar-refractivity contribution >= 4 is 5.69 Å². The zero-order chi connectivity index (χ0) is 20.1. The lowest BCUT2D eigenvalue weighted by Crippen LogP contribution is -2.25. The Kier molecular flexibility index (Phi) is 3.60. The van der Waals surface area contributed by atoms with Gasteiger partial charge in [-0.1, -0.05) is 97.6 Å². The number of hydrogen-bond acceptors (Lipinski definition) is 1. The molecule has 0 amide bonds. The van der Waals surface area contributed by atoms with Crippen LogP contribution in [0.1, 0.15) is 22.3 Å². The van der Waals surface area contributed by atoms with Crippen LogP contribution < -0.4 is 5.32 Å². The molecule has 2 aliphatic carbocycles. The van der Waals surface area contributed by atoms with Crippen molar-refractivity contribution in [3.8, 4) is 22.3 Å². The van der Waals surface area contributed by atoms with Gasteiger partial charge in [-0.05, 0) is 51.1 Å². The maximum atomic E-state index is 3.78. The molecule has 1 nitrogen and oxygen atoms in total. The topological polar surface area (TPSA) is 12.0 Å². The number of rotatable bonds is 3. The van der Waals surface area contributed by atoms with E-state index in [2.05, 4.69) is 103 Å². The van der Waals surface area contributed by atoms with Crippen molar-refractivity contribution in [1.29, 1.82) is 0 Å². The van der Waals surface area contributed by atoms with Crippen LogP contribution in [0.25, 0.3) is 22.3 Å². The summed E-state index contributed by atoms with van der Waals surface area (Å²) in [6.07, 6.45) is 5.66. The van der Waals surface area contributed by atoms with Crippen molar-refractivity contribution in [1.82, 2.24) is 0 Å². The molecule has 1 N–H and O–H groups in total. The number of nitrogens with one attached hydrogen (secondary N) is 1. The van der Waals surface area contributed by atoms with Crippen molar-refractivity contribution in [3.05, 3.63) is 138 Å². The summed E-state index contributed by atoms with van der Waals surface area (Å²) >= 11 is 0. The van der Waals surface area contributed by atoms with Crippen molar-refractivity contribution in [3.63, 3.8) is 0 Å². The highest BCUT2D eigenvalue weighted by Crippen LogP contribution is 2.63. The van der Waals surface area contributed by atoms with Crippen LogP contribution in [-0.4, -0.2) is 0 Å². The normalized spacial score (nSPS) is 14.3. The van der Waals surface area contributed by atoms with E-state index in [1.54, 1.807) is 6.08 Å². The van der Waals surface area contributed by atoms with Gasteiger partial charge < -0.3 is 5.32 Å². The Morgan fingerprint density at radius 2 is 1.13 bits per heavy atom. The number of benzene rings is 4. The van der Waals surface area contributed by atoms with Crippen molar-refractivity contribution in [2.24, 2.45) is 0 Å². The molecule has 0 radical (unpaired) electrons. The van der Waals surface area contributed by atoms with Gasteiger partial charge in [0.1, 0.15) is 0 Å². The fraction of sp³-hybridized carbons (Fsp3) is 0.0345. The second kappa shape index (κ2) is 6.33. The smallest absolute Gasteiger partial charge is 0.0726 e. The Labute approximate surface area is 177 Å². The second-order valence-corrected chi connectivity index (χ2v) is 7.85. The highest BCUT2D eigenvalue weighted by Gasteiger charge is 2.51. The van der Waals surface area contributed by atoms with Gasteiger partial charge in [0.2, 0.25) is 0 Å². The number of hydrogen-bond donors (Lipinski definition) is 1. The molecule has 1 spiro atoms. The van der Waals surface area contributed by atoms with Crippen LogP contribution in [0.2, 0.25) is 0 Å². The Balaban J connectivity index is 1.76. The molecule has 0 aliphatic heterocycles. The van der Waals surface area contributed by atoms with E-state index in [-0.39, 0.29) is 5.41 Å². The Hall–Kier alpha value is -3.84. The maximum Gasteiger partial charge on any atom is 0.0726 e. The molecule has 0 heterocycles. The summed E-state index contributed by atoms with van der Waals surface area (Å²) in [6, 6.07) is 33.3. The van der Waals surface area contributed by atoms with E-state index >= 15 is 0 Å². The van der Waals surface area contributed by atoms with Crippen LogP contribution in [-0.2, 0) is 5.41 Å². The molecule has 6 rings (SSSR count). The standard InChI is InChI=1S/C29H21N/c1-2-3-19-30-27-18-10-17-26-28(27)22-13-6-9-16-25(22)29(26)23-14-7-4-11-20(23)21-12-5-8-15-24(21)29/h2-19,30H,1H2/b19-3+. The van der Waals surface area contributed by atoms with Gasteiger partial charge in [0.05, 0.1) is 5.41 Å². The molecule has 2 aliphatic rings. The first kappa shape index (κ1) is 17.1. The van der Waals surface area contributed by atoms with Gasteiger partial charge in [0, 0.05) is 17.5 Å². The van der Waals surface area contributed by atoms with E-state index < -0.39 is 0 Å². The van der Waals surface area contributed by atoms with Gasteiger partial charge >= 0.3 is 0 Å². The summed E-state index contributed by atoms with van der Waals surface area (Å²) in [7, 11) is 0. The van der Waals surface area contributed by atoms with Crippen molar-refractivity contribution < 1.29 is 0 Å². The van der Waals surface area contributed by atoms with Crippen LogP contribution in [0, 0.1) is 0 Å². The molecule has 1 heteroatoms. The maximum absolute atomic E-state index is 3.78. The first-order chi connectivity index (χ1) is 14.9. The Morgan fingerprint density at radius 1 is 0.600 bits per heavy atom. The third kappa shape index (κ3) is 2.02. The zero-order valence-corrected chi connectivity index (χ0v) is 16.6. The third-order valence-electron chi connectivity index (χ3n) is 6.49. The Bertz CT molecular complexity index is 1300. The summed E-state index contributed by atoms with van der Waals surface area (Å²) in [4.78, 5) is 0. The van der Waals surface area contributed by atoms with Crippen LogP contribution >= 0.6 is 0 Å². The summed E-state index contributed by atoms with van der Waals surface area (Å²) in [6.45, 7) is 3.78. The number of fused-ring (bicyclic) bond motifs is 10. The predicted octanol–water partition coefficient (Wildman–Crippen LogP) is 7.14. The largest absolute Gasteiger partial charge is 0.361 e. The van der Waals surface area contributed by atoms with Gasteiger partial charge in [0.25, 0.3) is 0 Å². The average Bonchev–Trinajstić information content (AvgIpc) is 3.27. The van der Waals surface area contributed by atoms with Crippen molar-refractivity contribution in [2.75, 3.05) is 5.32 Å². The first-order valence-corrected chi connectivity index (χ1v) is 10.3. The summed E-state index contributed by atoms with van der Waals surface area (Å²) in [5, 5.41) is 3.49. The Morgan fingerprint density at radius 3 is 1.77 bits per heavy atom. The van der Waals surface area contributed by atoms with Crippen LogP contribution in [0.15, 0.2) is 116 Å². The average molecular weight is 383 g/mol. The molecule has 0 aromatic heterocycles. The van der Waals surface area contributed by atoms with E-state index in [4.69, 9.17) is 0 Å². The molecule has 0 unspecified atom stereocenters. The lowest BCUT2D eigenvalue weighted by Gasteiger charge is -2.30. The van der Waals surface area contributed by atoms with Gasteiger partial charge in [0.15, 0.2) is 0 Å². The molecular formula is C29H21N. The minimum absolute atomic E-state index is 0.279. The first-order valence-electron chi connectivity index (χ1n) is 10.3. The van der Waals surface area contributed by atoms with Crippen molar-refractivity contribution in [2.45, 2.75) is 5.41 Å². The fourth-order valence-corrected chi connectivity index (χ4v) is 5.47. The third-order valence-corrected chi connectivity index (χ3v) is 6.49. The number of allylic oxidation sites excluding steroid dienone is 2. The highest BCUT2D eigenvalue weighted by molar-refractivity contribution is 5.98. The summed E-state index contributed by atoms with van der Waals surface area (Å²) < 4.78 is 0. The van der Waals surface area contributed by atoms with E-state index in [9.17, 15) is 0 Å². The van der Waals surface area contributed by atoms with Crippen LogP contribution in [0.3, 0.4) is 0 Å². The zero-order valence-electron chi connectivity index (χ0n) is 16.6. The van der Waals surface area contributed by atoms with E-state index in [1.807, 2.05) is 12.3 Å². The molecule has 0 bridgehead atoms. The molecule has 4 aromatic rings. The SMILES string of the molecule is C=C/C=C/Nc1cccc2c1-c1ccccc1C21c2ccccc2-c2ccccc21. The summed E-state index contributed by atoms with van der Waals surface area (Å²) in [5.41, 5.74) is 11.5. The summed E-state index contributed by atoms with van der Waals surface area (Å²) in [5.74, 6) is 0. The predicted molar refractivity (Wildman–Crippen MR) is 126 cm³/mol. The van der Waals surface area contributed by atoms with E-state index in [1.165, 1.54) is 44.5 Å². The van der Waals surface area contributed by atoms with Crippen LogP contribution in [0.4, 0.5) is 5.69 Å². The van der Waals surface area contributed by atoms with Gasteiger partial charge in [-0.2, -0.15) is 0 Å². The van der Waals surface area contributed by atoms with Gasteiger partial charge in [-0.15, -0.1) is 0 Å². The molecule has 142 valence electrons. The minimum Gasteiger partial charge on any atom is -0.361 e. The van der Waals surface area contributed by atoms with E-state index in [0.29, 0.717) is 0 Å². The molecule has 0 saturated heterocycles. The van der Waals surface area contributed by atoms with Crippen LogP contribution in [0.5, 0.6) is 0 Å². The molecule has 0 fully saturated rings. The minimum atomic E-state index is -0.279. The van der Waals surface area contributed by atoms with Gasteiger partial charge in [-0.3, -0.25) is 0 Å². The lowest BCUT2D eigenvalue weighted by atomic mass is 9.70. The highest BCUT2D eigenvalue weighted by atomic mass is 14.8. The molecule has 4 aromatic carbocycles. The molecule has 30 heavy (non-hydrogen) atoms. The molecule has 0 saturated carbocycles. The number of anilines is 1. The fourth-order valence-electron chi connectivity index (χ4n) is 5.47. The van der Waals surface area contributed by atoms with E-state index in [0.717, 1.165) is 5.69 Å². The monoisotopic (exact) mass is 383 g/mol. The van der Waals surface area contributed by atoms with Gasteiger partial charge in [-0.25, -0.2) is 0 Å². The lowest BCUT2D eigenvalue weighted by molar-refractivity contribution is 0.794. The second-order valence-electron chi connectivity index (χ2n) is 7.85. The molecular weight excluding hydrogens is 362 g/mol.